The molecule has 0 unspecified atom stereocenters. The van der Waals surface area contributed by atoms with Crippen LogP contribution in [0.25, 0.3) is 0 Å². The Morgan fingerprint density at radius 2 is 1.41 bits per heavy atom. The van der Waals surface area contributed by atoms with E-state index >= 15 is 0 Å². The van der Waals surface area contributed by atoms with Crippen LogP contribution in [-0.4, -0.2) is 53.2 Å². The monoisotopic (exact) mass is 278 g/mol. The van der Waals surface area contributed by atoms with Crippen molar-refractivity contribution in [1.82, 2.24) is 4.98 Å². The lowest BCUT2D eigenvalue weighted by molar-refractivity contribution is 0.605. The Hall–Kier alpha value is -0.430. The van der Waals surface area contributed by atoms with Crippen molar-refractivity contribution in [2.45, 2.75) is 0 Å². The van der Waals surface area contributed by atoms with Gasteiger partial charge in [0.25, 0.3) is 0 Å². The van der Waals surface area contributed by atoms with Crippen LogP contribution in [0.4, 0.5) is 5.82 Å². The highest BCUT2D eigenvalue weighted by molar-refractivity contribution is 7.90. The first-order valence-corrected chi connectivity index (χ1v) is 8.79. The quantitative estimate of drug-likeness (QED) is 0.723. The molecule has 0 aromatic carbocycles. The predicted molar refractivity (Wildman–Crippen MR) is 78.5 cm³/mol. The summed E-state index contributed by atoms with van der Waals surface area (Å²) >= 11 is -1.22. The lowest BCUT2D eigenvalue weighted by Crippen LogP contribution is -2.09. The number of hydrogen-bond donors (Lipinski definition) is 0. The van der Waals surface area contributed by atoms with Gasteiger partial charge in [0.05, 0.1) is 25.0 Å². The average molecular weight is 278 g/mol. The summed E-state index contributed by atoms with van der Waals surface area (Å²) in [5.41, 5.74) is 0. The van der Waals surface area contributed by atoms with Gasteiger partial charge in [0.1, 0.15) is 5.82 Å². The number of hydrogen-bond acceptors (Lipinski definition) is 4. The molecule has 1 aromatic rings. The highest BCUT2D eigenvalue weighted by atomic mass is 32.2. The molecule has 4 nitrogen and oxygen atoms in total. The minimum Gasteiger partial charge on any atom is -0.617 e. The van der Waals surface area contributed by atoms with Gasteiger partial charge in [-0.1, -0.05) is 28.4 Å². The molecule has 0 bridgehead atoms. The van der Waals surface area contributed by atoms with E-state index in [0.29, 0.717) is 0 Å². The van der Waals surface area contributed by atoms with Gasteiger partial charge in [0, 0.05) is 20.3 Å². The Morgan fingerprint density at radius 1 is 1.00 bits per heavy atom. The Labute approximate surface area is 111 Å². The van der Waals surface area contributed by atoms with Gasteiger partial charge in [-0.25, -0.2) is 4.98 Å². The van der Waals surface area contributed by atoms with Gasteiger partial charge in [-0.05, 0) is 12.1 Å². The molecule has 0 radical (unpaired) electrons. The Balaban J connectivity index is 0. The van der Waals surface area contributed by atoms with Crippen LogP contribution in [0.3, 0.4) is 0 Å². The van der Waals surface area contributed by atoms with Crippen LogP contribution >= 0.6 is 0 Å². The van der Waals surface area contributed by atoms with E-state index in [0.717, 1.165) is 5.82 Å². The third kappa shape index (κ3) is 21.4. The van der Waals surface area contributed by atoms with Crippen LogP contribution in [-0.2, 0) is 22.4 Å². The van der Waals surface area contributed by atoms with Crippen LogP contribution in [0.1, 0.15) is 0 Å². The van der Waals surface area contributed by atoms with Crippen molar-refractivity contribution in [1.29, 1.82) is 0 Å². The van der Waals surface area contributed by atoms with E-state index < -0.39 is 22.4 Å². The maximum atomic E-state index is 9.56. The Kier molecular flexibility index (Phi) is 13.4. The van der Waals surface area contributed by atoms with Gasteiger partial charge >= 0.3 is 0 Å². The molecule has 0 amide bonds. The summed E-state index contributed by atoms with van der Waals surface area (Å²) in [5.74, 6) is 0.998. The molecule has 0 aliphatic carbocycles. The van der Waals surface area contributed by atoms with Gasteiger partial charge in [-0.2, -0.15) is 0 Å². The van der Waals surface area contributed by atoms with Crippen LogP contribution in [0.2, 0.25) is 0 Å². The van der Waals surface area contributed by atoms with Crippen LogP contribution < -0.4 is 4.90 Å². The zero-order valence-electron chi connectivity index (χ0n) is 11.3. The topological polar surface area (TPSA) is 62.2 Å². The lowest BCUT2D eigenvalue weighted by atomic mass is 10.4. The van der Waals surface area contributed by atoms with Crippen molar-refractivity contribution in [3.05, 3.63) is 24.4 Å². The highest BCUT2D eigenvalue weighted by Gasteiger charge is 1.89. The molecule has 0 fully saturated rings. The van der Waals surface area contributed by atoms with Gasteiger partial charge < -0.3 is 14.0 Å². The molecule has 1 rings (SSSR count). The molecule has 0 aliphatic heterocycles. The molecule has 0 aliphatic rings. The molecule has 0 saturated heterocycles. The molecule has 6 heteroatoms. The Bertz CT molecular complexity index is 245. The van der Waals surface area contributed by atoms with E-state index in [1.165, 1.54) is 0 Å². The van der Waals surface area contributed by atoms with Crippen molar-refractivity contribution < 1.29 is 9.11 Å². The van der Waals surface area contributed by atoms with Crippen molar-refractivity contribution in [2.24, 2.45) is 0 Å². The molecule has 1 heterocycles. The SMILES string of the molecule is CN(C)c1ccccn1.C[S+](C)[O-].C[S+](C)[O-]. The third-order valence-electron chi connectivity index (χ3n) is 1.11. The number of anilines is 1. The lowest BCUT2D eigenvalue weighted by Gasteiger charge is -2.08. The summed E-state index contributed by atoms with van der Waals surface area (Å²) in [7, 11) is 3.95. The molecular weight excluding hydrogens is 256 g/mol. The smallest absolute Gasteiger partial charge is 0.127 e. The average Bonchev–Trinajstić information content (AvgIpc) is 2.17. The number of rotatable bonds is 1. The molecule has 17 heavy (non-hydrogen) atoms. The summed E-state index contributed by atoms with van der Waals surface area (Å²) in [5, 5.41) is 0. The van der Waals surface area contributed by atoms with E-state index in [1.807, 2.05) is 37.2 Å². The molecule has 0 N–H and O–H groups in total. The number of nitrogens with zero attached hydrogens (tertiary/aromatic N) is 2. The predicted octanol–water partition coefficient (Wildman–Crippen LogP) is 1.14. The van der Waals surface area contributed by atoms with Crippen LogP contribution in [0, 0.1) is 0 Å². The van der Waals surface area contributed by atoms with Crippen molar-refractivity contribution in [3.63, 3.8) is 0 Å². The zero-order valence-corrected chi connectivity index (χ0v) is 13.0. The van der Waals surface area contributed by atoms with Crippen LogP contribution in [0.5, 0.6) is 0 Å². The number of pyridine rings is 1. The minimum absolute atomic E-state index is 0.611. The standard InChI is InChI=1S/C7H10N2.2C2H6OS/c1-9(2)7-5-3-4-6-8-7;2*1-4(2)3/h3-6H,1-2H3;2*1-2H3. The first kappa shape index (κ1) is 18.9. The van der Waals surface area contributed by atoms with Crippen molar-refractivity contribution in [3.8, 4) is 0 Å². The molecule has 0 spiro atoms. The van der Waals surface area contributed by atoms with Crippen LogP contribution in [0.15, 0.2) is 24.4 Å². The summed E-state index contributed by atoms with van der Waals surface area (Å²) < 4.78 is 19.1. The molecule has 0 atom stereocenters. The highest BCUT2D eigenvalue weighted by Crippen LogP contribution is 2.02. The van der Waals surface area contributed by atoms with Gasteiger partial charge in [0.2, 0.25) is 0 Å². The second-order valence-electron chi connectivity index (χ2n) is 3.57. The fourth-order valence-corrected chi connectivity index (χ4v) is 0.618. The zero-order chi connectivity index (χ0) is 13.8. The molecule has 100 valence electrons. The summed E-state index contributed by atoms with van der Waals surface area (Å²) in [6.45, 7) is 0. The van der Waals surface area contributed by atoms with Crippen molar-refractivity contribution in [2.75, 3.05) is 44.0 Å². The van der Waals surface area contributed by atoms with Crippen molar-refractivity contribution >= 4 is 28.2 Å². The first-order valence-electron chi connectivity index (χ1n) is 4.85. The maximum absolute atomic E-state index is 9.56. The largest absolute Gasteiger partial charge is 0.617 e. The van der Waals surface area contributed by atoms with E-state index in [1.54, 1.807) is 31.2 Å². The van der Waals surface area contributed by atoms with E-state index in [2.05, 4.69) is 4.98 Å². The maximum Gasteiger partial charge on any atom is 0.127 e. The number of aromatic nitrogens is 1. The van der Waals surface area contributed by atoms with E-state index in [9.17, 15) is 9.11 Å². The third-order valence-corrected chi connectivity index (χ3v) is 1.11. The van der Waals surface area contributed by atoms with Gasteiger partial charge in [-0.3, -0.25) is 0 Å². The minimum atomic E-state index is -0.611. The summed E-state index contributed by atoms with van der Waals surface area (Å²) in [4.78, 5) is 6.08. The fraction of sp³-hybridized carbons (Fsp3) is 0.545. The molecular formula is C11H22N2O2S2. The molecule has 1 aromatic heterocycles. The van der Waals surface area contributed by atoms with E-state index in [4.69, 9.17) is 0 Å². The normalized spacial score (nSPS) is 9.06. The summed E-state index contributed by atoms with van der Waals surface area (Å²) in [6, 6.07) is 5.86. The summed E-state index contributed by atoms with van der Waals surface area (Å²) in [6.07, 6.45) is 8.34. The van der Waals surface area contributed by atoms with Gasteiger partial charge in [0.15, 0.2) is 0 Å². The Morgan fingerprint density at radius 3 is 1.59 bits per heavy atom. The first-order chi connectivity index (χ1) is 7.77. The second-order valence-corrected chi connectivity index (χ2v) is 6.53. The molecule has 0 saturated carbocycles. The second kappa shape index (κ2) is 12.0. The van der Waals surface area contributed by atoms with E-state index in [-0.39, 0.29) is 0 Å². The fourth-order valence-electron chi connectivity index (χ4n) is 0.618. The van der Waals surface area contributed by atoms with Gasteiger partial charge in [-0.15, -0.1) is 0 Å².